The molecule has 138 valence electrons. The standard InChI is InChI=1S/C17H20N4O5/c22-16(6-9-26-14-4-7-25-8-5-14)18-12-2-1-3-13(10-12)21-11-15(17(23)24)19-20-21/h1-3,10-11,14H,4-9H2,(H,18,22)(H,23,24). The van der Waals surface area contributed by atoms with Gasteiger partial charge in [0, 0.05) is 18.9 Å². The number of hydrogen-bond acceptors (Lipinski definition) is 6. The molecule has 3 rings (SSSR count). The number of carbonyl (C=O) groups is 2. The smallest absolute Gasteiger partial charge is 0.358 e. The first kappa shape index (κ1) is 18.0. The molecule has 9 heteroatoms. The number of anilines is 1. The predicted molar refractivity (Wildman–Crippen MR) is 91.4 cm³/mol. The van der Waals surface area contributed by atoms with E-state index < -0.39 is 5.97 Å². The Morgan fingerprint density at radius 1 is 1.35 bits per heavy atom. The number of hydrogen-bond donors (Lipinski definition) is 2. The Labute approximate surface area is 149 Å². The summed E-state index contributed by atoms with van der Waals surface area (Å²) in [4.78, 5) is 22.9. The third-order valence-corrected chi connectivity index (χ3v) is 3.96. The van der Waals surface area contributed by atoms with E-state index in [1.54, 1.807) is 24.3 Å². The quantitative estimate of drug-likeness (QED) is 0.768. The minimum absolute atomic E-state index is 0.148. The molecule has 0 radical (unpaired) electrons. The summed E-state index contributed by atoms with van der Waals surface area (Å²) in [7, 11) is 0. The molecule has 0 aliphatic carbocycles. The summed E-state index contributed by atoms with van der Waals surface area (Å²) in [5, 5.41) is 19.0. The molecule has 0 atom stereocenters. The highest BCUT2D eigenvalue weighted by Crippen LogP contribution is 2.15. The van der Waals surface area contributed by atoms with E-state index in [-0.39, 0.29) is 24.1 Å². The summed E-state index contributed by atoms with van der Waals surface area (Å²) < 4.78 is 12.3. The molecule has 2 N–H and O–H groups in total. The minimum Gasteiger partial charge on any atom is -0.476 e. The Morgan fingerprint density at radius 3 is 2.88 bits per heavy atom. The molecule has 0 unspecified atom stereocenters. The van der Waals surface area contributed by atoms with Crippen LogP contribution in [0.3, 0.4) is 0 Å². The topological polar surface area (TPSA) is 116 Å². The molecule has 26 heavy (non-hydrogen) atoms. The van der Waals surface area contributed by atoms with Crippen molar-refractivity contribution in [3.63, 3.8) is 0 Å². The lowest BCUT2D eigenvalue weighted by Crippen LogP contribution is -2.25. The largest absolute Gasteiger partial charge is 0.476 e. The lowest BCUT2D eigenvalue weighted by atomic mass is 10.1. The molecule has 1 aromatic heterocycles. The maximum Gasteiger partial charge on any atom is 0.358 e. The average molecular weight is 360 g/mol. The van der Waals surface area contributed by atoms with Crippen LogP contribution in [0.15, 0.2) is 30.5 Å². The van der Waals surface area contributed by atoms with Crippen molar-refractivity contribution in [2.24, 2.45) is 0 Å². The van der Waals surface area contributed by atoms with E-state index in [2.05, 4.69) is 15.6 Å². The second-order valence-corrected chi connectivity index (χ2v) is 5.88. The number of ether oxygens (including phenoxy) is 2. The van der Waals surface area contributed by atoms with Gasteiger partial charge in [-0.2, -0.15) is 0 Å². The molecule has 1 aromatic carbocycles. The second-order valence-electron chi connectivity index (χ2n) is 5.88. The highest BCUT2D eigenvalue weighted by atomic mass is 16.5. The first-order valence-corrected chi connectivity index (χ1v) is 8.37. The third kappa shape index (κ3) is 4.87. The van der Waals surface area contributed by atoms with Gasteiger partial charge in [-0.25, -0.2) is 9.48 Å². The van der Waals surface area contributed by atoms with Crippen LogP contribution in [0.4, 0.5) is 5.69 Å². The lowest BCUT2D eigenvalue weighted by Gasteiger charge is -2.22. The van der Waals surface area contributed by atoms with Gasteiger partial charge in [0.2, 0.25) is 5.91 Å². The Kier molecular flexibility index (Phi) is 5.92. The maximum absolute atomic E-state index is 12.1. The summed E-state index contributed by atoms with van der Waals surface area (Å²) in [6.45, 7) is 1.77. The number of carboxylic acids is 1. The van der Waals surface area contributed by atoms with Crippen LogP contribution >= 0.6 is 0 Å². The highest BCUT2D eigenvalue weighted by Gasteiger charge is 2.14. The van der Waals surface area contributed by atoms with Crippen molar-refractivity contribution < 1.29 is 24.2 Å². The molecular formula is C17H20N4O5. The zero-order valence-corrected chi connectivity index (χ0v) is 14.1. The first-order valence-electron chi connectivity index (χ1n) is 8.37. The van der Waals surface area contributed by atoms with Crippen molar-refractivity contribution in [2.75, 3.05) is 25.1 Å². The fourth-order valence-corrected chi connectivity index (χ4v) is 2.60. The third-order valence-electron chi connectivity index (χ3n) is 3.96. The van der Waals surface area contributed by atoms with E-state index in [1.807, 2.05) is 0 Å². The van der Waals surface area contributed by atoms with Crippen LogP contribution in [0, 0.1) is 0 Å². The van der Waals surface area contributed by atoms with Gasteiger partial charge in [-0.1, -0.05) is 11.3 Å². The molecule has 0 saturated carbocycles. The summed E-state index contributed by atoms with van der Waals surface area (Å²) in [5.74, 6) is -1.30. The number of aromatic nitrogens is 3. The van der Waals surface area contributed by atoms with Crippen molar-refractivity contribution in [1.29, 1.82) is 0 Å². The number of rotatable bonds is 7. The van der Waals surface area contributed by atoms with Gasteiger partial charge in [-0.3, -0.25) is 4.79 Å². The van der Waals surface area contributed by atoms with Gasteiger partial charge >= 0.3 is 5.97 Å². The molecular weight excluding hydrogens is 340 g/mol. The Bertz CT molecular complexity index is 770. The van der Waals surface area contributed by atoms with E-state index in [9.17, 15) is 9.59 Å². The molecule has 1 fully saturated rings. The van der Waals surface area contributed by atoms with E-state index in [0.29, 0.717) is 31.2 Å². The fourth-order valence-electron chi connectivity index (χ4n) is 2.60. The van der Waals surface area contributed by atoms with Crippen molar-refractivity contribution in [2.45, 2.75) is 25.4 Å². The van der Waals surface area contributed by atoms with Gasteiger partial charge in [-0.15, -0.1) is 5.10 Å². The lowest BCUT2D eigenvalue weighted by molar-refractivity contribution is -0.118. The number of carboxylic acid groups (broad SMARTS) is 1. The zero-order chi connectivity index (χ0) is 18.4. The molecule has 2 heterocycles. The maximum atomic E-state index is 12.1. The van der Waals surface area contributed by atoms with Crippen molar-refractivity contribution in [3.8, 4) is 5.69 Å². The van der Waals surface area contributed by atoms with Gasteiger partial charge < -0.3 is 19.9 Å². The van der Waals surface area contributed by atoms with Gasteiger partial charge in [-0.05, 0) is 31.0 Å². The average Bonchev–Trinajstić information content (AvgIpc) is 3.13. The van der Waals surface area contributed by atoms with Crippen molar-refractivity contribution in [3.05, 3.63) is 36.2 Å². The number of nitrogens with one attached hydrogen (secondary N) is 1. The Morgan fingerprint density at radius 2 is 2.15 bits per heavy atom. The summed E-state index contributed by atoms with van der Waals surface area (Å²) in [5.41, 5.74) is 1.04. The molecule has 1 aliphatic heterocycles. The fraction of sp³-hybridized carbons (Fsp3) is 0.412. The highest BCUT2D eigenvalue weighted by molar-refractivity contribution is 5.91. The summed E-state index contributed by atoms with van der Waals surface area (Å²) in [6, 6.07) is 6.92. The van der Waals surface area contributed by atoms with Gasteiger partial charge in [0.1, 0.15) is 0 Å². The van der Waals surface area contributed by atoms with Crippen molar-refractivity contribution in [1.82, 2.24) is 15.0 Å². The minimum atomic E-state index is -1.15. The first-order chi connectivity index (χ1) is 12.6. The van der Waals surface area contributed by atoms with Gasteiger partial charge in [0.15, 0.2) is 5.69 Å². The van der Waals surface area contributed by atoms with Crippen LogP contribution in [-0.2, 0) is 14.3 Å². The Hall–Kier alpha value is -2.78. The zero-order valence-electron chi connectivity index (χ0n) is 14.1. The van der Waals surface area contributed by atoms with Crippen molar-refractivity contribution >= 4 is 17.6 Å². The molecule has 9 nitrogen and oxygen atoms in total. The van der Waals surface area contributed by atoms with Crippen LogP contribution in [0.5, 0.6) is 0 Å². The molecule has 2 aromatic rings. The van der Waals surface area contributed by atoms with Crippen LogP contribution in [0.1, 0.15) is 29.8 Å². The predicted octanol–water partition coefficient (Wildman–Crippen LogP) is 1.49. The van der Waals surface area contributed by atoms with Crippen LogP contribution in [-0.4, -0.2) is 57.9 Å². The Balaban J connectivity index is 1.52. The number of amides is 1. The molecule has 1 aliphatic rings. The summed E-state index contributed by atoms with van der Waals surface area (Å²) >= 11 is 0. The SMILES string of the molecule is O=C(CCOC1CCOCC1)Nc1cccc(-n2cc(C(=O)O)nn2)c1. The molecule has 0 spiro atoms. The number of benzene rings is 1. The van der Waals surface area contributed by atoms with Crippen LogP contribution < -0.4 is 5.32 Å². The normalized spacial score (nSPS) is 14.9. The monoisotopic (exact) mass is 360 g/mol. The number of nitrogens with zero attached hydrogens (tertiary/aromatic N) is 3. The van der Waals surface area contributed by atoms with Crippen LogP contribution in [0.2, 0.25) is 0 Å². The van der Waals surface area contributed by atoms with E-state index in [1.165, 1.54) is 10.9 Å². The molecule has 1 amide bonds. The van der Waals surface area contributed by atoms with E-state index in [0.717, 1.165) is 12.8 Å². The summed E-state index contributed by atoms with van der Waals surface area (Å²) in [6.07, 6.45) is 3.45. The number of carbonyl (C=O) groups excluding carboxylic acids is 1. The van der Waals surface area contributed by atoms with E-state index >= 15 is 0 Å². The van der Waals surface area contributed by atoms with Crippen LogP contribution in [0.25, 0.3) is 5.69 Å². The number of aromatic carboxylic acids is 1. The second kappa shape index (κ2) is 8.54. The van der Waals surface area contributed by atoms with E-state index in [4.69, 9.17) is 14.6 Å². The molecule has 0 bridgehead atoms. The van der Waals surface area contributed by atoms with Gasteiger partial charge in [0.05, 0.1) is 31.0 Å². The van der Waals surface area contributed by atoms with Gasteiger partial charge in [0.25, 0.3) is 0 Å². The molecule has 1 saturated heterocycles.